The number of aliphatic hydroxyl groups is 2. The summed E-state index contributed by atoms with van der Waals surface area (Å²) < 4.78 is 10.9. The highest BCUT2D eigenvalue weighted by Crippen LogP contribution is 2.72. The van der Waals surface area contributed by atoms with Crippen LogP contribution in [-0.4, -0.2) is 46.4 Å². The lowest BCUT2D eigenvalue weighted by Crippen LogP contribution is -2.70. The first-order valence-electron chi connectivity index (χ1n) is 12.6. The van der Waals surface area contributed by atoms with Crippen molar-refractivity contribution in [1.82, 2.24) is 0 Å². The van der Waals surface area contributed by atoms with Crippen LogP contribution in [0.5, 0.6) is 0 Å². The number of rotatable bonds is 2. The zero-order valence-electron chi connectivity index (χ0n) is 21.3. The summed E-state index contributed by atoms with van der Waals surface area (Å²) in [6, 6.07) is 0. The molecule has 5 aliphatic rings. The number of ether oxygens (including phenoxy) is 2. The molecule has 0 bridgehead atoms. The Kier molecular flexibility index (Phi) is 5.16. The first-order valence-corrected chi connectivity index (χ1v) is 12.6. The van der Waals surface area contributed by atoms with Crippen molar-refractivity contribution in [3.8, 4) is 0 Å². The molecule has 7 heteroatoms. The van der Waals surface area contributed by atoms with Gasteiger partial charge in [-0.1, -0.05) is 52.3 Å². The smallest absolute Gasteiger partial charge is 0.333 e. The number of carbonyl (C=O) groups is 3. The number of carbonyl (C=O) groups excluding carboxylic acids is 3. The maximum absolute atomic E-state index is 12.9. The highest BCUT2D eigenvalue weighted by molar-refractivity contribution is 5.96. The fourth-order valence-electron chi connectivity index (χ4n) is 9.03. The Balaban J connectivity index is 1.66. The highest BCUT2D eigenvalue weighted by atomic mass is 16.6. The second kappa shape index (κ2) is 7.39. The van der Waals surface area contributed by atoms with Crippen LogP contribution in [0, 0.1) is 39.4 Å². The van der Waals surface area contributed by atoms with Gasteiger partial charge in [0, 0.05) is 35.3 Å². The van der Waals surface area contributed by atoms with E-state index >= 15 is 0 Å². The summed E-state index contributed by atoms with van der Waals surface area (Å²) >= 11 is 0. The molecule has 35 heavy (non-hydrogen) atoms. The molecule has 4 aliphatic carbocycles. The zero-order chi connectivity index (χ0) is 25.7. The van der Waals surface area contributed by atoms with Gasteiger partial charge in [-0.2, -0.15) is 0 Å². The van der Waals surface area contributed by atoms with Gasteiger partial charge >= 0.3 is 11.9 Å². The monoisotopic (exact) mass is 484 g/mol. The van der Waals surface area contributed by atoms with Crippen LogP contribution >= 0.6 is 0 Å². The van der Waals surface area contributed by atoms with Crippen LogP contribution < -0.4 is 0 Å². The third kappa shape index (κ3) is 3.00. The fourth-order valence-corrected chi connectivity index (χ4v) is 9.03. The molecule has 5 rings (SSSR count). The molecule has 7 nitrogen and oxygen atoms in total. The van der Waals surface area contributed by atoms with E-state index in [2.05, 4.69) is 26.8 Å². The maximum Gasteiger partial charge on any atom is 0.333 e. The van der Waals surface area contributed by atoms with Gasteiger partial charge in [-0.15, -0.1) is 0 Å². The molecule has 0 aromatic heterocycles. The van der Waals surface area contributed by atoms with Crippen molar-refractivity contribution in [3.05, 3.63) is 35.5 Å². The minimum atomic E-state index is -1.25. The van der Waals surface area contributed by atoms with Crippen molar-refractivity contribution in [2.45, 2.75) is 79.3 Å². The van der Waals surface area contributed by atoms with Gasteiger partial charge in [0.2, 0.25) is 6.29 Å². The molecule has 1 heterocycles. The number of aliphatic hydroxyl groups excluding tert-OH is 2. The Labute approximate surface area is 206 Å². The summed E-state index contributed by atoms with van der Waals surface area (Å²) in [6.07, 6.45) is 6.29. The minimum Gasteiger partial charge on any atom is -0.459 e. The van der Waals surface area contributed by atoms with Gasteiger partial charge in [0.15, 0.2) is 5.78 Å². The van der Waals surface area contributed by atoms with Crippen LogP contribution in [0.25, 0.3) is 0 Å². The lowest BCUT2D eigenvalue weighted by Gasteiger charge is -2.67. The van der Waals surface area contributed by atoms with E-state index < -0.39 is 58.0 Å². The van der Waals surface area contributed by atoms with Crippen LogP contribution in [0.2, 0.25) is 0 Å². The molecule has 0 spiro atoms. The third-order valence-corrected chi connectivity index (χ3v) is 10.4. The summed E-state index contributed by atoms with van der Waals surface area (Å²) in [4.78, 5) is 37.1. The molecule has 0 aromatic carbocycles. The van der Waals surface area contributed by atoms with Crippen LogP contribution in [0.1, 0.15) is 60.8 Å². The molecule has 2 unspecified atom stereocenters. The van der Waals surface area contributed by atoms with Crippen LogP contribution in [-0.2, 0) is 23.9 Å². The van der Waals surface area contributed by atoms with Crippen LogP contribution in [0.4, 0.5) is 0 Å². The zero-order valence-corrected chi connectivity index (χ0v) is 21.3. The number of ketones is 1. The normalized spacial score (nSPS) is 47.8. The average Bonchev–Trinajstić information content (AvgIpc) is 3.26. The van der Waals surface area contributed by atoms with E-state index in [0.29, 0.717) is 12.0 Å². The number of allylic oxidation sites excluding steroid dienone is 3. The van der Waals surface area contributed by atoms with Crippen molar-refractivity contribution in [2.75, 3.05) is 0 Å². The number of hydrogen-bond donors (Lipinski definition) is 2. The lowest BCUT2D eigenvalue weighted by atomic mass is 9.37. The van der Waals surface area contributed by atoms with E-state index in [9.17, 15) is 24.6 Å². The highest BCUT2D eigenvalue weighted by Gasteiger charge is 2.71. The SMILES string of the molecule is CC(=O)O[C@@H]1[C@H](O)[C@H]2C(C)(C)C(=O)C=C[C@]2(C)[C@H]2CC[C@]3(C)C(=CC[C@H]3C3=CC(=O)OC3O)C12C. The van der Waals surface area contributed by atoms with Crippen LogP contribution in [0.15, 0.2) is 35.5 Å². The average molecular weight is 485 g/mol. The van der Waals surface area contributed by atoms with E-state index in [1.165, 1.54) is 13.0 Å². The standard InChI is InChI=1S/C28H36O7/c1-14(29)34-23-21(32)22-25(2,3)19(30)10-12-27(22,5)18-9-11-26(4)16(7-8-17(26)28(18,23)6)15-13-20(31)35-24(15)33/h8,10,12-13,16,18,21-24,32-33H,7,9,11H2,1-6H3/t16-,18+,21+,22-,23+,24?,26-,27+,28?/m0/s1. The summed E-state index contributed by atoms with van der Waals surface area (Å²) in [7, 11) is 0. The summed E-state index contributed by atoms with van der Waals surface area (Å²) in [6.45, 7) is 11.5. The molecule has 0 radical (unpaired) electrons. The van der Waals surface area contributed by atoms with Gasteiger partial charge < -0.3 is 19.7 Å². The Hall–Kier alpha value is -2.25. The number of fused-ring (bicyclic) bond motifs is 5. The first-order chi connectivity index (χ1) is 16.2. The molecule has 190 valence electrons. The molecule has 2 fully saturated rings. The topological polar surface area (TPSA) is 110 Å². The van der Waals surface area contributed by atoms with E-state index in [1.54, 1.807) is 6.08 Å². The quantitative estimate of drug-likeness (QED) is 0.457. The number of hydrogen-bond acceptors (Lipinski definition) is 7. The van der Waals surface area contributed by atoms with Gasteiger partial charge in [0.25, 0.3) is 0 Å². The number of esters is 2. The Morgan fingerprint density at radius 3 is 2.43 bits per heavy atom. The van der Waals surface area contributed by atoms with Crippen molar-refractivity contribution >= 4 is 17.7 Å². The van der Waals surface area contributed by atoms with Gasteiger partial charge in [-0.25, -0.2) is 4.79 Å². The van der Waals surface area contributed by atoms with Crippen molar-refractivity contribution in [2.24, 2.45) is 39.4 Å². The summed E-state index contributed by atoms with van der Waals surface area (Å²) in [5, 5.41) is 22.3. The molecule has 0 amide bonds. The minimum absolute atomic E-state index is 0.00909. The summed E-state index contributed by atoms with van der Waals surface area (Å²) in [5.74, 6) is -1.57. The van der Waals surface area contributed by atoms with Gasteiger partial charge in [0.05, 0.1) is 6.10 Å². The van der Waals surface area contributed by atoms with E-state index in [1.807, 2.05) is 19.9 Å². The largest absolute Gasteiger partial charge is 0.459 e. The van der Waals surface area contributed by atoms with Crippen molar-refractivity contribution in [3.63, 3.8) is 0 Å². The van der Waals surface area contributed by atoms with Gasteiger partial charge in [0.1, 0.15) is 6.10 Å². The molecule has 1 aliphatic heterocycles. The maximum atomic E-state index is 12.9. The predicted molar refractivity (Wildman–Crippen MR) is 126 cm³/mol. The molecule has 0 saturated heterocycles. The first kappa shape index (κ1) is 24.4. The Morgan fingerprint density at radius 1 is 1.14 bits per heavy atom. The molecule has 2 saturated carbocycles. The van der Waals surface area contributed by atoms with Crippen LogP contribution in [0.3, 0.4) is 0 Å². The molecule has 2 N–H and O–H groups in total. The lowest BCUT2D eigenvalue weighted by molar-refractivity contribution is -0.229. The Bertz CT molecular complexity index is 1100. The molecule has 0 aromatic rings. The fraction of sp³-hybridized carbons (Fsp3) is 0.679. The van der Waals surface area contributed by atoms with E-state index in [4.69, 9.17) is 9.47 Å². The van der Waals surface area contributed by atoms with Crippen molar-refractivity contribution in [1.29, 1.82) is 0 Å². The molecular weight excluding hydrogens is 448 g/mol. The van der Waals surface area contributed by atoms with Gasteiger partial charge in [-0.3, -0.25) is 9.59 Å². The van der Waals surface area contributed by atoms with E-state index in [-0.39, 0.29) is 17.6 Å². The second-order valence-corrected chi connectivity index (χ2v) is 12.4. The number of cyclic esters (lactones) is 1. The van der Waals surface area contributed by atoms with Crippen molar-refractivity contribution < 1.29 is 34.1 Å². The van der Waals surface area contributed by atoms with E-state index in [0.717, 1.165) is 18.4 Å². The predicted octanol–water partition coefficient (Wildman–Crippen LogP) is 3.25. The Morgan fingerprint density at radius 2 is 1.83 bits per heavy atom. The van der Waals surface area contributed by atoms with Gasteiger partial charge in [-0.05, 0) is 48.0 Å². The third-order valence-electron chi connectivity index (χ3n) is 10.4. The summed E-state index contributed by atoms with van der Waals surface area (Å²) in [5.41, 5.74) is -0.739. The molecular formula is C28H36O7. The molecule has 9 atom stereocenters. The second-order valence-electron chi connectivity index (χ2n) is 12.4.